The lowest BCUT2D eigenvalue weighted by atomic mass is 9.98. The predicted octanol–water partition coefficient (Wildman–Crippen LogP) is -1.41. The van der Waals surface area contributed by atoms with Gasteiger partial charge in [-0.15, -0.1) is 0 Å². The van der Waals surface area contributed by atoms with E-state index >= 15 is 0 Å². The molecule has 1 aliphatic heterocycles. The number of amides is 1. The normalized spacial score (nSPS) is 26.1. The predicted molar refractivity (Wildman–Crippen MR) is 111 cm³/mol. The van der Waals surface area contributed by atoms with Crippen LogP contribution >= 0.6 is 0 Å². The Balaban J connectivity index is 1.86. The Morgan fingerprint density at radius 1 is 1.06 bits per heavy atom. The number of carbonyl (C=O) groups excluding carboxylic acids is 1. The zero-order chi connectivity index (χ0) is 24.3. The van der Waals surface area contributed by atoms with E-state index in [1.165, 1.54) is 10.8 Å². The van der Waals surface area contributed by atoms with Gasteiger partial charge in [-0.25, -0.2) is 4.79 Å². The second-order valence-corrected chi connectivity index (χ2v) is 7.87. The second-order valence-electron chi connectivity index (χ2n) is 7.87. The number of aliphatic hydroxyl groups excluding tert-OH is 4. The van der Waals surface area contributed by atoms with Crippen molar-refractivity contribution < 1.29 is 49.8 Å². The molecule has 12 nitrogen and oxygen atoms in total. The summed E-state index contributed by atoms with van der Waals surface area (Å²) in [5.74, 6) is -3.18. The highest BCUT2D eigenvalue weighted by Gasteiger charge is 2.44. The molecule has 2 heterocycles. The monoisotopic (exact) mass is 466 g/mol. The van der Waals surface area contributed by atoms with Crippen LogP contribution in [0.4, 0.5) is 0 Å². The summed E-state index contributed by atoms with van der Waals surface area (Å²) in [5, 5.41) is 61.0. The van der Waals surface area contributed by atoms with Crippen LogP contribution in [0.2, 0.25) is 0 Å². The molecule has 3 rings (SSSR count). The van der Waals surface area contributed by atoms with E-state index in [9.17, 15) is 39.9 Å². The van der Waals surface area contributed by atoms with Crippen LogP contribution in [0.15, 0.2) is 30.5 Å². The smallest absolute Gasteiger partial charge is 0.326 e. The lowest BCUT2D eigenvalue weighted by Gasteiger charge is -2.40. The van der Waals surface area contributed by atoms with Gasteiger partial charge < -0.3 is 45.3 Å². The molecule has 180 valence electrons. The van der Waals surface area contributed by atoms with Crippen LogP contribution in [0, 0.1) is 0 Å². The number of hydrogen-bond donors (Lipinski definition) is 7. The van der Waals surface area contributed by atoms with E-state index in [0.717, 1.165) is 0 Å². The molecule has 1 aromatic heterocycles. The Hall–Kier alpha value is -3.03. The first kappa shape index (κ1) is 24.6. The minimum absolute atomic E-state index is 0.248. The van der Waals surface area contributed by atoms with Gasteiger partial charge in [0.15, 0.2) is 6.23 Å². The average molecular weight is 466 g/mol. The van der Waals surface area contributed by atoms with E-state index in [-0.39, 0.29) is 12.8 Å². The molecule has 1 aromatic carbocycles. The van der Waals surface area contributed by atoms with E-state index in [0.29, 0.717) is 16.5 Å². The Kier molecular flexibility index (Phi) is 7.66. The fourth-order valence-electron chi connectivity index (χ4n) is 3.88. The summed E-state index contributed by atoms with van der Waals surface area (Å²) in [5.41, 5.74) is 0.993. The largest absolute Gasteiger partial charge is 0.481 e. The summed E-state index contributed by atoms with van der Waals surface area (Å²) in [7, 11) is 0. The molecule has 1 fully saturated rings. The fraction of sp³-hybridized carbons (Fsp3) is 0.476. The summed E-state index contributed by atoms with van der Waals surface area (Å²) in [6, 6.07) is 5.45. The molecule has 12 heteroatoms. The van der Waals surface area contributed by atoms with Crippen molar-refractivity contribution in [1.29, 1.82) is 0 Å². The number of rotatable bonds is 9. The zero-order valence-corrected chi connectivity index (χ0v) is 17.4. The molecule has 0 aliphatic carbocycles. The van der Waals surface area contributed by atoms with Gasteiger partial charge in [-0.1, -0.05) is 18.2 Å². The minimum atomic E-state index is -1.58. The maximum Gasteiger partial charge on any atom is 0.326 e. The summed E-state index contributed by atoms with van der Waals surface area (Å²) in [4.78, 5) is 34.6. The SMILES string of the molecule is O=C(O)CCC(NC(=O)Cc1cn([C@@H]2O[C@H](CO)[C@@H](O)[C@H](O)[C@H]2O)c2ccccc12)C(=O)O. The van der Waals surface area contributed by atoms with Crippen molar-refractivity contribution in [3.63, 3.8) is 0 Å². The van der Waals surface area contributed by atoms with E-state index in [4.69, 9.17) is 9.84 Å². The number of para-hydroxylation sites is 1. The molecule has 1 unspecified atom stereocenters. The van der Waals surface area contributed by atoms with Crippen molar-refractivity contribution in [3.8, 4) is 0 Å². The first-order valence-corrected chi connectivity index (χ1v) is 10.3. The van der Waals surface area contributed by atoms with Gasteiger partial charge in [0, 0.05) is 18.0 Å². The van der Waals surface area contributed by atoms with E-state index in [2.05, 4.69) is 5.32 Å². The first-order chi connectivity index (χ1) is 15.6. The Morgan fingerprint density at radius 2 is 1.76 bits per heavy atom. The highest BCUT2D eigenvalue weighted by molar-refractivity contribution is 5.91. The summed E-state index contributed by atoms with van der Waals surface area (Å²) in [6.07, 6.45) is -6.38. The number of nitrogens with zero attached hydrogens (tertiary/aromatic N) is 1. The Morgan fingerprint density at radius 3 is 2.39 bits per heavy atom. The highest BCUT2D eigenvalue weighted by Crippen LogP contribution is 2.33. The van der Waals surface area contributed by atoms with Crippen LogP contribution in [0.1, 0.15) is 24.6 Å². The number of benzene rings is 1. The molecule has 1 amide bonds. The number of hydrogen-bond acceptors (Lipinski definition) is 8. The quantitative estimate of drug-likeness (QED) is 0.230. The van der Waals surface area contributed by atoms with Crippen molar-refractivity contribution in [2.45, 2.75) is 55.9 Å². The number of aliphatic hydroxyl groups is 4. The lowest BCUT2D eigenvalue weighted by molar-refractivity contribution is -0.250. The lowest BCUT2D eigenvalue weighted by Crippen LogP contribution is -2.56. The van der Waals surface area contributed by atoms with Gasteiger partial charge in [0.25, 0.3) is 0 Å². The maximum absolute atomic E-state index is 12.5. The molecule has 0 radical (unpaired) electrons. The molecule has 1 aliphatic rings. The van der Waals surface area contributed by atoms with E-state index in [1.807, 2.05) is 0 Å². The maximum atomic E-state index is 12.5. The van der Waals surface area contributed by atoms with Gasteiger partial charge in [-0.2, -0.15) is 0 Å². The van der Waals surface area contributed by atoms with Crippen molar-refractivity contribution in [1.82, 2.24) is 9.88 Å². The molecule has 7 N–H and O–H groups in total. The van der Waals surface area contributed by atoms with Crippen LogP contribution in [0.5, 0.6) is 0 Å². The standard InChI is InChI=1S/C21H26N2O10/c24-9-14-17(28)18(29)19(30)20(33-14)23-8-10(11-3-1-2-4-13(11)23)7-15(25)22-12(21(31)32)5-6-16(26)27/h1-4,8,12,14,17-20,24,28-30H,5-7,9H2,(H,22,25)(H,26,27)(H,31,32)/t12?,14-,17-,18+,19-,20-/m1/s1. The van der Waals surface area contributed by atoms with Gasteiger partial charge in [0.05, 0.1) is 18.5 Å². The van der Waals surface area contributed by atoms with E-state index in [1.54, 1.807) is 24.3 Å². The topological polar surface area (TPSA) is 199 Å². The molecular weight excluding hydrogens is 440 g/mol. The average Bonchev–Trinajstić information content (AvgIpc) is 3.13. The van der Waals surface area contributed by atoms with Crippen molar-refractivity contribution in [2.75, 3.05) is 6.61 Å². The summed E-state index contributed by atoms with van der Waals surface area (Å²) in [6.45, 7) is -0.594. The summed E-state index contributed by atoms with van der Waals surface area (Å²) >= 11 is 0. The number of carboxylic acids is 2. The van der Waals surface area contributed by atoms with Gasteiger partial charge in [0.1, 0.15) is 30.5 Å². The molecular formula is C21H26N2O10. The number of carbonyl (C=O) groups is 3. The number of carboxylic acid groups (broad SMARTS) is 2. The molecule has 0 bridgehead atoms. The third-order valence-electron chi connectivity index (χ3n) is 5.60. The van der Waals surface area contributed by atoms with Crippen molar-refractivity contribution in [3.05, 3.63) is 36.0 Å². The van der Waals surface area contributed by atoms with Crippen molar-refractivity contribution >= 4 is 28.7 Å². The Labute approximate surface area is 187 Å². The van der Waals surface area contributed by atoms with E-state index < -0.39 is 67.6 Å². The number of nitrogens with one attached hydrogen (secondary N) is 1. The molecule has 6 atom stereocenters. The number of ether oxygens (including phenoxy) is 1. The third kappa shape index (κ3) is 5.31. The number of fused-ring (bicyclic) bond motifs is 1. The highest BCUT2D eigenvalue weighted by atomic mass is 16.6. The zero-order valence-electron chi connectivity index (χ0n) is 17.4. The van der Waals surface area contributed by atoms with Crippen LogP contribution in [0.3, 0.4) is 0 Å². The molecule has 0 saturated carbocycles. The molecule has 2 aromatic rings. The molecule has 33 heavy (non-hydrogen) atoms. The third-order valence-corrected chi connectivity index (χ3v) is 5.60. The fourth-order valence-corrected chi connectivity index (χ4v) is 3.88. The minimum Gasteiger partial charge on any atom is -0.481 e. The van der Waals surface area contributed by atoms with Gasteiger partial charge in [0.2, 0.25) is 5.91 Å². The number of aliphatic carboxylic acids is 2. The molecule has 0 spiro atoms. The first-order valence-electron chi connectivity index (χ1n) is 10.3. The Bertz CT molecular complexity index is 1020. The number of aromatic nitrogens is 1. The van der Waals surface area contributed by atoms with Crippen LogP contribution in [-0.4, -0.2) is 90.1 Å². The van der Waals surface area contributed by atoms with Crippen LogP contribution in [0.25, 0.3) is 10.9 Å². The van der Waals surface area contributed by atoms with Crippen molar-refractivity contribution in [2.24, 2.45) is 0 Å². The summed E-state index contributed by atoms with van der Waals surface area (Å²) < 4.78 is 7.08. The molecule has 1 saturated heterocycles. The second kappa shape index (κ2) is 10.3. The van der Waals surface area contributed by atoms with Gasteiger partial charge in [-0.3, -0.25) is 9.59 Å². The van der Waals surface area contributed by atoms with Gasteiger partial charge >= 0.3 is 11.9 Å². The van der Waals surface area contributed by atoms with Crippen LogP contribution in [-0.2, 0) is 25.5 Å². The van der Waals surface area contributed by atoms with Crippen LogP contribution < -0.4 is 5.32 Å². The van der Waals surface area contributed by atoms with Gasteiger partial charge in [-0.05, 0) is 18.1 Å².